The second-order valence-corrected chi connectivity index (χ2v) is 7.66. The van der Waals surface area contributed by atoms with Crippen LogP contribution in [0.4, 0.5) is 0 Å². The van der Waals surface area contributed by atoms with Crippen LogP contribution in [0.3, 0.4) is 0 Å². The number of amides is 1. The number of aryl methyl sites for hydroxylation is 1. The van der Waals surface area contributed by atoms with Crippen LogP contribution in [0.1, 0.15) is 50.8 Å². The average molecular weight is 346 g/mol. The number of hydrogen-bond donors (Lipinski definition) is 1. The molecule has 1 aromatic heterocycles. The number of rotatable bonds is 7. The Morgan fingerprint density at radius 3 is 2.29 bits per heavy atom. The van der Waals surface area contributed by atoms with Gasteiger partial charge in [-0.2, -0.15) is 0 Å². The topological polar surface area (TPSA) is 46.9 Å². The van der Waals surface area contributed by atoms with E-state index in [0.29, 0.717) is 17.6 Å². The van der Waals surface area contributed by atoms with E-state index in [1.807, 2.05) is 17.8 Å². The fourth-order valence-electron chi connectivity index (χ4n) is 2.56. The highest BCUT2D eigenvalue weighted by molar-refractivity contribution is 7.99. The van der Waals surface area contributed by atoms with Crippen LogP contribution in [-0.4, -0.2) is 21.2 Å². The Bertz CT molecular complexity index is 662. The summed E-state index contributed by atoms with van der Waals surface area (Å²) >= 11 is 1.46. The summed E-state index contributed by atoms with van der Waals surface area (Å²) in [6.45, 7) is 8.64. The molecule has 1 amide bonds. The Labute approximate surface area is 149 Å². The highest BCUT2D eigenvalue weighted by atomic mass is 32.2. The van der Waals surface area contributed by atoms with Gasteiger partial charge in [0.25, 0.3) is 0 Å². The van der Waals surface area contributed by atoms with Crippen molar-refractivity contribution in [3.8, 4) is 0 Å². The first-order chi connectivity index (χ1) is 11.4. The molecule has 0 unspecified atom stereocenters. The molecule has 0 spiro atoms. The summed E-state index contributed by atoms with van der Waals surface area (Å²) in [4.78, 5) is 16.6. The van der Waals surface area contributed by atoms with Gasteiger partial charge >= 0.3 is 0 Å². The Hall–Kier alpha value is -1.75. The van der Waals surface area contributed by atoms with Crippen LogP contribution in [0.2, 0.25) is 0 Å². The quantitative estimate of drug-likeness (QED) is 0.767. The lowest BCUT2D eigenvalue weighted by Gasteiger charge is -2.23. The van der Waals surface area contributed by atoms with Gasteiger partial charge in [0.15, 0.2) is 5.16 Å². The maximum Gasteiger partial charge on any atom is 0.230 e. The van der Waals surface area contributed by atoms with Crippen molar-refractivity contribution < 1.29 is 4.79 Å². The smallest absolute Gasteiger partial charge is 0.230 e. The fourth-order valence-corrected chi connectivity index (χ4v) is 3.30. The van der Waals surface area contributed by atoms with Crippen LogP contribution in [0.25, 0.3) is 0 Å². The Morgan fingerprint density at radius 1 is 1.17 bits per heavy atom. The molecule has 1 atom stereocenters. The second kappa shape index (κ2) is 8.38. The molecule has 5 heteroatoms. The zero-order valence-electron chi connectivity index (χ0n) is 15.1. The van der Waals surface area contributed by atoms with Gasteiger partial charge in [-0.25, -0.2) is 4.98 Å². The number of benzene rings is 1. The first-order valence-corrected chi connectivity index (χ1v) is 9.36. The summed E-state index contributed by atoms with van der Waals surface area (Å²) in [5.41, 5.74) is 2.47. The lowest BCUT2D eigenvalue weighted by atomic mass is 9.93. The summed E-state index contributed by atoms with van der Waals surface area (Å²) in [5.74, 6) is 1.25. The standard InChI is InChI=1S/C19H27N3OS/c1-13(2)15-6-8-16(9-7-15)18(14(3)4)21-17(23)12-24-19-20-10-11-22(19)5/h6-11,13-14,18H,12H2,1-5H3,(H,21,23)/t18-/m0/s1. The van der Waals surface area contributed by atoms with Crippen molar-refractivity contribution in [3.63, 3.8) is 0 Å². The molecule has 0 saturated heterocycles. The highest BCUT2D eigenvalue weighted by Crippen LogP contribution is 2.24. The lowest BCUT2D eigenvalue weighted by Crippen LogP contribution is -2.33. The molecular formula is C19H27N3OS. The van der Waals surface area contributed by atoms with E-state index in [9.17, 15) is 4.79 Å². The van der Waals surface area contributed by atoms with Crippen LogP contribution in [-0.2, 0) is 11.8 Å². The van der Waals surface area contributed by atoms with Crippen LogP contribution in [0.15, 0.2) is 41.8 Å². The number of carbonyl (C=O) groups is 1. The molecule has 0 aliphatic heterocycles. The van der Waals surface area contributed by atoms with Crippen molar-refractivity contribution in [2.24, 2.45) is 13.0 Å². The van der Waals surface area contributed by atoms with Crippen LogP contribution < -0.4 is 5.32 Å². The maximum absolute atomic E-state index is 12.3. The summed E-state index contributed by atoms with van der Waals surface area (Å²) in [7, 11) is 1.93. The molecular weight excluding hydrogens is 318 g/mol. The summed E-state index contributed by atoms with van der Waals surface area (Å²) in [6.07, 6.45) is 3.63. The largest absolute Gasteiger partial charge is 0.348 e. The van der Waals surface area contributed by atoms with E-state index in [2.05, 4.69) is 62.3 Å². The molecule has 0 saturated carbocycles. The molecule has 2 aromatic rings. The molecule has 0 aliphatic rings. The third kappa shape index (κ3) is 4.87. The van der Waals surface area contributed by atoms with Gasteiger partial charge in [-0.15, -0.1) is 0 Å². The number of thioether (sulfide) groups is 1. The third-order valence-electron chi connectivity index (χ3n) is 4.05. The van der Waals surface area contributed by atoms with E-state index in [4.69, 9.17) is 0 Å². The molecule has 0 bridgehead atoms. The number of aromatic nitrogens is 2. The van der Waals surface area contributed by atoms with E-state index >= 15 is 0 Å². The molecule has 1 heterocycles. The van der Waals surface area contributed by atoms with Crippen molar-refractivity contribution in [2.45, 2.75) is 44.8 Å². The monoisotopic (exact) mass is 345 g/mol. The number of nitrogens with zero attached hydrogens (tertiary/aromatic N) is 2. The van der Waals surface area contributed by atoms with E-state index in [1.54, 1.807) is 6.20 Å². The molecule has 1 aromatic carbocycles. The van der Waals surface area contributed by atoms with Gasteiger partial charge in [0.2, 0.25) is 5.91 Å². The van der Waals surface area contributed by atoms with Crippen molar-refractivity contribution in [2.75, 3.05) is 5.75 Å². The summed E-state index contributed by atoms with van der Waals surface area (Å²) in [6, 6.07) is 8.60. The van der Waals surface area contributed by atoms with Gasteiger partial charge in [-0.3, -0.25) is 4.79 Å². The van der Waals surface area contributed by atoms with Gasteiger partial charge in [0.1, 0.15) is 0 Å². The van der Waals surface area contributed by atoms with E-state index in [0.717, 1.165) is 10.7 Å². The second-order valence-electron chi connectivity index (χ2n) is 6.72. The van der Waals surface area contributed by atoms with Gasteiger partial charge < -0.3 is 9.88 Å². The van der Waals surface area contributed by atoms with Crippen molar-refractivity contribution >= 4 is 17.7 Å². The molecule has 0 fully saturated rings. The molecule has 130 valence electrons. The predicted octanol–water partition coefficient (Wildman–Crippen LogP) is 4.15. The first-order valence-electron chi connectivity index (χ1n) is 8.37. The van der Waals surface area contributed by atoms with Crippen LogP contribution >= 0.6 is 11.8 Å². The van der Waals surface area contributed by atoms with Crippen molar-refractivity contribution in [3.05, 3.63) is 47.8 Å². The molecule has 0 radical (unpaired) electrons. The van der Waals surface area contributed by atoms with Gasteiger partial charge in [-0.1, -0.05) is 63.7 Å². The Morgan fingerprint density at radius 2 is 1.79 bits per heavy atom. The van der Waals surface area contributed by atoms with E-state index in [-0.39, 0.29) is 11.9 Å². The lowest BCUT2D eigenvalue weighted by molar-refractivity contribution is -0.119. The number of carbonyl (C=O) groups excluding carboxylic acids is 1. The van der Waals surface area contributed by atoms with Gasteiger partial charge in [-0.05, 0) is 23.0 Å². The third-order valence-corrected chi connectivity index (χ3v) is 5.11. The Kier molecular flexibility index (Phi) is 6.49. The predicted molar refractivity (Wildman–Crippen MR) is 100 cm³/mol. The number of hydrogen-bond acceptors (Lipinski definition) is 3. The molecule has 1 N–H and O–H groups in total. The van der Waals surface area contributed by atoms with Gasteiger partial charge in [0, 0.05) is 19.4 Å². The molecule has 24 heavy (non-hydrogen) atoms. The molecule has 4 nitrogen and oxygen atoms in total. The molecule has 2 rings (SSSR count). The number of imidazole rings is 1. The number of nitrogens with one attached hydrogen (secondary N) is 1. The molecule has 0 aliphatic carbocycles. The normalized spacial score (nSPS) is 12.6. The first kappa shape index (κ1) is 18.6. The zero-order chi connectivity index (χ0) is 17.7. The zero-order valence-corrected chi connectivity index (χ0v) is 15.9. The summed E-state index contributed by atoms with van der Waals surface area (Å²) in [5, 5.41) is 4.02. The minimum Gasteiger partial charge on any atom is -0.348 e. The van der Waals surface area contributed by atoms with Crippen molar-refractivity contribution in [1.29, 1.82) is 0 Å². The van der Waals surface area contributed by atoms with Crippen LogP contribution in [0, 0.1) is 5.92 Å². The SMILES string of the molecule is CC(C)c1ccc([C@@H](NC(=O)CSc2nccn2C)C(C)C)cc1. The Balaban J connectivity index is 2.00. The van der Waals surface area contributed by atoms with E-state index < -0.39 is 0 Å². The fraction of sp³-hybridized carbons (Fsp3) is 0.474. The van der Waals surface area contributed by atoms with Crippen LogP contribution in [0.5, 0.6) is 0 Å². The van der Waals surface area contributed by atoms with Crippen molar-refractivity contribution in [1.82, 2.24) is 14.9 Å². The highest BCUT2D eigenvalue weighted by Gasteiger charge is 2.19. The maximum atomic E-state index is 12.3. The average Bonchev–Trinajstić information content (AvgIpc) is 2.95. The van der Waals surface area contributed by atoms with Gasteiger partial charge in [0.05, 0.1) is 11.8 Å². The summed E-state index contributed by atoms with van der Waals surface area (Å²) < 4.78 is 1.92. The van der Waals surface area contributed by atoms with E-state index in [1.165, 1.54) is 17.3 Å². The minimum atomic E-state index is 0.0284. The minimum absolute atomic E-state index is 0.0284.